The number of aliphatic imine (C=N–C) groups is 1. The molecule has 0 saturated carbocycles. The Labute approximate surface area is 219 Å². The number of nitrogens with zero attached hydrogens (tertiary/aromatic N) is 3. The zero-order valence-corrected chi connectivity index (χ0v) is 21.9. The maximum Gasteiger partial charge on any atom is 0.408 e. The number of hydrogen-bond donors (Lipinski definition) is 2. The van der Waals surface area contributed by atoms with Crippen molar-refractivity contribution in [2.24, 2.45) is 4.99 Å². The summed E-state index contributed by atoms with van der Waals surface area (Å²) in [5.41, 5.74) is 4.37. The molecule has 0 spiro atoms. The van der Waals surface area contributed by atoms with Gasteiger partial charge >= 0.3 is 6.09 Å². The molecule has 2 atom stereocenters. The van der Waals surface area contributed by atoms with Gasteiger partial charge in [-0.1, -0.05) is 48.5 Å². The van der Waals surface area contributed by atoms with Crippen LogP contribution in [0.5, 0.6) is 0 Å². The number of nitrogens with one attached hydrogen (secondary N) is 2. The Bertz CT molecular complexity index is 1300. The fraction of sp³-hybridized carbons (Fsp3) is 0.296. The van der Waals surface area contributed by atoms with Crippen LogP contribution in [0.4, 0.5) is 10.5 Å². The number of para-hydroxylation sites is 1. The lowest BCUT2D eigenvalue weighted by atomic mass is 10.0. The molecule has 1 aromatic heterocycles. The molecule has 0 unspecified atom stereocenters. The molecule has 2 aromatic carbocycles. The number of benzodiazepines with no additional fused rings is 1. The summed E-state index contributed by atoms with van der Waals surface area (Å²) in [5, 5.41) is 7.16. The average molecular weight is 520 g/mol. The summed E-state index contributed by atoms with van der Waals surface area (Å²) >= 11 is 1.38. The van der Waals surface area contributed by atoms with Crippen LogP contribution < -0.4 is 15.5 Å². The van der Waals surface area contributed by atoms with Crippen molar-refractivity contribution in [3.63, 3.8) is 0 Å². The van der Waals surface area contributed by atoms with Crippen LogP contribution in [0.3, 0.4) is 0 Å². The van der Waals surface area contributed by atoms with Crippen molar-refractivity contribution in [1.82, 2.24) is 15.6 Å². The van der Waals surface area contributed by atoms with E-state index in [1.807, 2.05) is 54.6 Å². The summed E-state index contributed by atoms with van der Waals surface area (Å²) in [6, 6.07) is 15.9. The third-order valence-corrected chi connectivity index (χ3v) is 6.21. The molecule has 1 aliphatic rings. The number of alkyl carbamates (subject to hydrolysis) is 1. The maximum absolute atomic E-state index is 13.5. The highest BCUT2D eigenvalue weighted by Crippen LogP contribution is 2.27. The first kappa shape index (κ1) is 26.0. The van der Waals surface area contributed by atoms with Crippen molar-refractivity contribution in [3.8, 4) is 0 Å². The molecule has 0 fully saturated rings. The smallest absolute Gasteiger partial charge is 0.408 e. The van der Waals surface area contributed by atoms with Crippen LogP contribution in [0.2, 0.25) is 0 Å². The molecule has 4 rings (SSSR count). The van der Waals surface area contributed by atoms with Gasteiger partial charge in [0.2, 0.25) is 12.1 Å². The number of anilines is 1. The van der Waals surface area contributed by atoms with Gasteiger partial charge in [0.1, 0.15) is 11.6 Å². The van der Waals surface area contributed by atoms with Gasteiger partial charge in [0, 0.05) is 30.0 Å². The number of likely N-dealkylation sites (N-methyl/N-ethyl adjacent to an activating group) is 1. The molecular formula is C27H29N5O4S. The molecule has 1 aliphatic heterocycles. The predicted octanol–water partition coefficient (Wildman–Crippen LogP) is 3.54. The second-order valence-electron chi connectivity index (χ2n) is 9.55. The van der Waals surface area contributed by atoms with Crippen LogP contribution in [-0.4, -0.2) is 53.5 Å². The van der Waals surface area contributed by atoms with Crippen molar-refractivity contribution in [2.45, 2.75) is 45.0 Å². The van der Waals surface area contributed by atoms with E-state index in [9.17, 15) is 14.4 Å². The van der Waals surface area contributed by atoms with Crippen LogP contribution >= 0.6 is 11.3 Å². The molecule has 37 heavy (non-hydrogen) atoms. The number of carbonyl (C=O) groups is 3. The molecule has 2 N–H and O–H groups in total. The Morgan fingerprint density at radius 2 is 1.81 bits per heavy atom. The Morgan fingerprint density at radius 1 is 1.11 bits per heavy atom. The molecule has 192 valence electrons. The van der Waals surface area contributed by atoms with E-state index in [0.29, 0.717) is 17.1 Å². The highest BCUT2D eigenvalue weighted by Gasteiger charge is 2.33. The molecule has 0 radical (unpaired) electrons. The highest BCUT2D eigenvalue weighted by molar-refractivity contribution is 7.07. The van der Waals surface area contributed by atoms with Crippen molar-refractivity contribution in [3.05, 3.63) is 82.3 Å². The van der Waals surface area contributed by atoms with Gasteiger partial charge in [0.15, 0.2) is 0 Å². The third kappa shape index (κ3) is 6.39. The number of rotatable bonds is 6. The highest BCUT2D eigenvalue weighted by atomic mass is 32.1. The van der Waals surface area contributed by atoms with Crippen molar-refractivity contribution in [2.75, 3.05) is 11.9 Å². The monoisotopic (exact) mass is 519 g/mol. The van der Waals surface area contributed by atoms with Gasteiger partial charge in [0.25, 0.3) is 5.91 Å². The molecule has 3 aromatic rings. The zero-order chi connectivity index (χ0) is 26.6. The topological polar surface area (TPSA) is 113 Å². The number of hydrogen-bond acceptors (Lipinski definition) is 7. The number of ether oxygens (including phenoxy) is 1. The van der Waals surface area contributed by atoms with Crippen molar-refractivity contribution >= 4 is 40.6 Å². The zero-order valence-electron chi connectivity index (χ0n) is 21.1. The minimum absolute atomic E-state index is 0.126. The summed E-state index contributed by atoms with van der Waals surface area (Å²) in [6.45, 7) is 5.21. The maximum atomic E-state index is 13.5. The SMILES string of the molecule is CN1C(=O)[C@H](NC(=O)[C@@H](Cc2cscn2)NC(=O)OC(C)(C)C)N=C(c2ccccc2)c2ccccc21. The lowest BCUT2D eigenvalue weighted by molar-refractivity contribution is -0.128. The van der Waals surface area contributed by atoms with E-state index in [-0.39, 0.29) is 6.42 Å². The minimum atomic E-state index is -1.21. The molecule has 9 nitrogen and oxygen atoms in total. The number of carbonyl (C=O) groups excluding carboxylic acids is 3. The minimum Gasteiger partial charge on any atom is -0.444 e. The van der Waals surface area contributed by atoms with E-state index in [1.165, 1.54) is 16.2 Å². The molecule has 0 bridgehead atoms. The number of amides is 3. The number of aromatic nitrogens is 1. The van der Waals surface area contributed by atoms with Gasteiger partial charge in [-0.2, -0.15) is 0 Å². The van der Waals surface area contributed by atoms with Gasteiger partial charge in [-0.3, -0.25) is 9.59 Å². The Balaban J connectivity index is 1.65. The average Bonchev–Trinajstić information content (AvgIpc) is 3.34. The number of benzene rings is 2. The number of fused-ring (bicyclic) bond motifs is 1. The molecule has 0 saturated heterocycles. The molecule has 10 heteroatoms. The Kier molecular flexibility index (Phi) is 7.68. The first-order valence-electron chi connectivity index (χ1n) is 11.8. The summed E-state index contributed by atoms with van der Waals surface area (Å²) in [7, 11) is 1.65. The van der Waals surface area contributed by atoms with E-state index in [0.717, 1.165) is 11.1 Å². The summed E-state index contributed by atoms with van der Waals surface area (Å²) in [4.78, 5) is 49.9. The second-order valence-corrected chi connectivity index (χ2v) is 10.3. The van der Waals surface area contributed by atoms with Crippen LogP contribution in [0.25, 0.3) is 0 Å². The van der Waals surface area contributed by atoms with Crippen LogP contribution in [0.1, 0.15) is 37.6 Å². The first-order chi connectivity index (χ1) is 17.6. The van der Waals surface area contributed by atoms with Gasteiger partial charge in [-0.25, -0.2) is 14.8 Å². The van der Waals surface area contributed by atoms with E-state index >= 15 is 0 Å². The quantitative estimate of drug-likeness (QED) is 0.517. The Hall–Kier alpha value is -4.05. The molecular weight excluding hydrogens is 490 g/mol. The van der Waals surface area contributed by atoms with Gasteiger partial charge in [0.05, 0.1) is 22.6 Å². The Morgan fingerprint density at radius 3 is 2.49 bits per heavy atom. The number of thiazole rings is 1. The fourth-order valence-electron chi connectivity index (χ4n) is 3.88. The van der Waals surface area contributed by atoms with Gasteiger partial charge < -0.3 is 20.3 Å². The first-order valence-corrected chi connectivity index (χ1v) is 12.7. The normalized spacial score (nSPS) is 16.2. The fourth-order valence-corrected chi connectivity index (χ4v) is 4.46. The van der Waals surface area contributed by atoms with Crippen molar-refractivity contribution in [1.29, 1.82) is 0 Å². The van der Waals surface area contributed by atoms with Gasteiger partial charge in [-0.15, -0.1) is 11.3 Å². The van der Waals surface area contributed by atoms with E-state index < -0.39 is 35.7 Å². The lowest BCUT2D eigenvalue weighted by Gasteiger charge is -2.25. The third-order valence-electron chi connectivity index (χ3n) is 5.57. The predicted molar refractivity (Wildman–Crippen MR) is 143 cm³/mol. The second kappa shape index (κ2) is 10.9. The summed E-state index contributed by atoms with van der Waals surface area (Å²) in [6.07, 6.45) is -1.83. The lowest BCUT2D eigenvalue weighted by Crippen LogP contribution is -2.54. The molecule has 2 heterocycles. The van der Waals surface area contributed by atoms with E-state index in [1.54, 1.807) is 38.7 Å². The van der Waals surface area contributed by atoms with Gasteiger partial charge in [-0.05, 0) is 26.8 Å². The molecule has 0 aliphatic carbocycles. The van der Waals surface area contributed by atoms with E-state index in [4.69, 9.17) is 9.73 Å². The summed E-state index contributed by atoms with van der Waals surface area (Å²) < 4.78 is 5.35. The van der Waals surface area contributed by atoms with Crippen LogP contribution in [0, 0.1) is 0 Å². The largest absolute Gasteiger partial charge is 0.444 e. The standard InChI is InChI=1S/C27H29N5O4S/c1-27(2,3)36-26(35)29-20(14-18-15-37-16-28-18)24(33)31-23-25(34)32(4)21-13-9-8-12-19(21)22(30-23)17-10-6-5-7-11-17/h5-13,15-16,20,23H,14H2,1-4H3,(H,29,35)(H,31,33)/t20-,23+/m1/s1. The summed E-state index contributed by atoms with van der Waals surface area (Å²) in [5.74, 6) is -0.982. The van der Waals surface area contributed by atoms with Crippen LogP contribution in [-0.2, 0) is 20.7 Å². The van der Waals surface area contributed by atoms with Crippen molar-refractivity contribution < 1.29 is 19.1 Å². The van der Waals surface area contributed by atoms with E-state index in [2.05, 4.69) is 15.6 Å². The molecule has 3 amide bonds. The van der Waals surface area contributed by atoms with Crippen LogP contribution in [0.15, 0.2) is 70.5 Å².